The van der Waals surface area contributed by atoms with Crippen molar-refractivity contribution in [1.29, 1.82) is 0 Å². The molecule has 0 aliphatic carbocycles. The Morgan fingerprint density at radius 2 is 1.74 bits per heavy atom. The Morgan fingerprint density at radius 1 is 1.05 bits per heavy atom. The van der Waals surface area contributed by atoms with Gasteiger partial charge in [0.2, 0.25) is 0 Å². The molecule has 0 spiro atoms. The van der Waals surface area contributed by atoms with E-state index in [-0.39, 0.29) is 5.41 Å². The maximum Gasteiger partial charge on any atom is 0.119 e. The predicted molar refractivity (Wildman–Crippen MR) is 83.0 cm³/mol. The zero-order valence-corrected chi connectivity index (χ0v) is 13.0. The van der Waals surface area contributed by atoms with Gasteiger partial charge < -0.3 is 10.1 Å². The number of nitrogens with one attached hydrogen (secondary N) is 1. The first-order valence-electron chi connectivity index (χ1n) is 7.54. The molecule has 108 valence electrons. The monoisotopic (exact) mass is 263 g/mol. The van der Waals surface area contributed by atoms with Crippen LogP contribution < -0.4 is 10.1 Å². The topological polar surface area (TPSA) is 21.3 Å². The molecule has 0 unspecified atom stereocenters. The molecule has 1 aromatic carbocycles. The summed E-state index contributed by atoms with van der Waals surface area (Å²) in [6.07, 6.45) is 3.40. The maximum absolute atomic E-state index is 5.75. The van der Waals surface area contributed by atoms with E-state index in [2.05, 4.69) is 57.3 Å². The van der Waals surface area contributed by atoms with Crippen molar-refractivity contribution in [3.63, 3.8) is 0 Å². The van der Waals surface area contributed by atoms with E-state index in [1.807, 2.05) is 0 Å². The van der Waals surface area contributed by atoms with Gasteiger partial charge in [-0.3, -0.25) is 0 Å². The average Bonchev–Trinajstić information content (AvgIpc) is 2.43. The van der Waals surface area contributed by atoms with Gasteiger partial charge in [0, 0.05) is 0 Å². The zero-order valence-electron chi connectivity index (χ0n) is 13.0. The van der Waals surface area contributed by atoms with E-state index in [1.54, 1.807) is 0 Å². The summed E-state index contributed by atoms with van der Waals surface area (Å²) >= 11 is 0. The van der Waals surface area contributed by atoms with Crippen molar-refractivity contribution < 1.29 is 4.74 Å². The Hall–Kier alpha value is -1.02. The van der Waals surface area contributed by atoms with E-state index >= 15 is 0 Å². The molecule has 0 amide bonds. The number of hydrogen-bond donors (Lipinski definition) is 1. The first-order chi connectivity index (χ1) is 9.10. The summed E-state index contributed by atoms with van der Waals surface area (Å²) in [6.45, 7) is 11.9. The van der Waals surface area contributed by atoms with Crippen molar-refractivity contribution >= 4 is 0 Å². The summed E-state index contributed by atoms with van der Waals surface area (Å²) in [5, 5.41) is 3.38. The van der Waals surface area contributed by atoms with Crippen molar-refractivity contribution in [3.8, 4) is 5.75 Å². The van der Waals surface area contributed by atoms with E-state index < -0.39 is 0 Å². The summed E-state index contributed by atoms with van der Waals surface area (Å²) in [7, 11) is 0. The van der Waals surface area contributed by atoms with Gasteiger partial charge in [0.05, 0.1) is 6.61 Å². The van der Waals surface area contributed by atoms with E-state index in [0.29, 0.717) is 0 Å². The number of benzene rings is 1. The molecule has 0 saturated carbocycles. The van der Waals surface area contributed by atoms with E-state index in [0.717, 1.165) is 38.3 Å². The lowest BCUT2D eigenvalue weighted by atomic mass is 9.82. The molecular formula is C17H29NO. The van der Waals surface area contributed by atoms with E-state index in [9.17, 15) is 0 Å². The molecule has 0 bridgehead atoms. The first-order valence-corrected chi connectivity index (χ1v) is 7.54. The second-order valence-corrected chi connectivity index (χ2v) is 5.71. The van der Waals surface area contributed by atoms with Crippen molar-refractivity contribution in [1.82, 2.24) is 5.32 Å². The summed E-state index contributed by atoms with van der Waals surface area (Å²) in [6, 6.07) is 8.56. The van der Waals surface area contributed by atoms with Crippen LogP contribution in [0.3, 0.4) is 0 Å². The first kappa shape index (κ1) is 16.0. The molecule has 2 nitrogen and oxygen atoms in total. The standard InChI is InChI=1S/C17H29NO/c1-5-12-18-13-7-14-19-16-10-8-15(9-11-16)17(3,4)6-2/h8-11,18H,5-7,12-14H2,1-4H3. The largest absolute Gasteiger partial charge is 0.494 e. The molecule has 1 rings (SSSR count). The van der Waals surface area contributed by atoms with Crippen LogP contribution in [0.5, 0.6) is 5.75 Å². The molecular weight excluding hydrogens is 234 g/mol. The highest BCUT2D eigenvalue weighted by Crippen LogP contribution is 2.27. The number of ether oxygens (including phenoxy) is 1. The van der Waals surface area contributed by atoms with Crippen LogP contribution in [-0.2, 0) is 5.41 Å². The van der Waals surface area contributed by atoms with Crippen molar-refractivity contribution in [2.45, 2.75) is 52.4 Å². The van der Waals surface area contributed by atoms with Gasteiger partial charge in [-0.15, -0.1) is 0 Å². The number of hydrogen-bond acceptors (Lipinski definition) is 2. The van der Waals surface area contributed by atoms with Gasteiger partial charge in [-0.2, -0.15) is 0 Å². The second kappa shape index (κ2) is 8.21. The van der Waals surface area contributed by atoms with Crippen molar-refractivity contribution in [2.75, 3.05) is 19.7 Å². The van der Waals surface area contributed by atoms with E-state index in [4.69, 9.17) is 4.74 Å². The average molecular weight is 263 g/mol. The fourth-order valence-corrected chi connectivity index (χ4v) is 1.90. The molecule has 0 aromatic heterocycles. The molecule has 1 aromatic rings. The van der Waals surface area contributed by atoms with Gasteiger partial charge in [-0.05, 0) is 55.5 Å². The van der Waals surface area contributed by atoms with Crippen LogP contribution >= 0.6 is 0 Å². The predicted octanol–water partition coefficient (Wildman–Crippen LogP) is 4.14. The van der Waals surface area contributed by atoms with Crippen molar-refractivity contribution in [3.05, 3.63) is 29.8 Å². The molecule has 0 radical (unpaired) electrons. The summed E-state index contributed by atoms with van der Waals surface area (Å²) in [4.78, 5) is 0. The van der Waals surface area contributed by atoms with Gasteiger partial charge in [-0.25, -0.2) is 0 Å². The SMILES string of the molecule is CCCNCCCOc1ccc(C(C)(C)CC)cc1. The van der Waals surface area contributed by atoms with Crippen molar-refractivity contribution in [2.24, 2.45) is 0 Å². The fraction of sp³-hybridized carbons (Fsp3) is 0.647. The molecule has 0 fully saturated rings. The van der Waals surface area contributed by atoms with Crippen LogP contribution in [0.15, 0.2) is 24.3 Å². The molecule has 1 N–H and O–H groups in total. The highest BCUT2D eigenvalue weighted by atomic mass is 16.5. The minimum absolute atomic E-state index is 0.253. The Kier molecular flexibility index (Phi) is 6.93. The van der Waals surface area contributed by atoms with Crippen LogP contribution in [0.25, 0.3) is 0 Å². The smallest absolute Gasteiger partial charge is 0.119 e. The summed E-state index contributed by atoms with van der Waals surface area (Å²) in [5.74, 6) is 0.978. The van der Waals surface area contributed by atoms with Gasteiger partial charge in [-0.1, -0.05) is 39.8 Å². The minimum atomic E-state index is 0.253. The van der Waals surface area contributed by atoms with Gasteiger partial charge in [0.15, 0.2) is 0 Å². The molecule has 2 heteroatoms. The fourth-order valence-electron chi connectivity index (χ4n) is 1.90. The molecule has 0 aliphatic heterocycles. The van der Waals surface area contributed by atoms with Crippen LogP contribution in [0.4, 0.5) is 0 Å². The lowest BCUT2D eigenvalue weighted by Crippen LogP contribution is -2.18. The highest BCUT2D eigenvalue weighted by molar-refractivity contribution is 5.31. The van der Waals surface area contributed by atoms with Gasteiger partial charge in [0.25, 0.3) is 0 Å². The third-order valence-electron chi connectivity index (χ3n) is 3.71. The van der Waals surface area contributed by atoms with Crippen LogP contribution in [0.2, 0.25) is 0 Å². The molecule has 0 atom stereocenters. The second-order valence-electron chi connectivity index (χ2n) is 5.71. The Labute approximate surface area is 118 Å². The Balaban J connectivity index is 2.32. The Morgan fingerprint density at radius 3 is 2.32 bits per heavy atom. The third kappa shape index (κ3) is 5.65. The lowest BCUT2D eigenvalue weighted by Gasteiger charge is -2.23. The molecule has 0 heterocycles. The van der Waals surface area contributed by atoms with Gasteiger partial charge >= 0.3 is 0 Å². The molecule has 0 saturated heterocycles. The lowest BCUT2D eigenvalue weighted by molar-refractivity contribution is 0.308. The molecule has 19 heavy (non-hydrogen) atoms. The third-order valence-corrected chi connectivity index (χ3v) is 3.71. The van der Waals surface area contributed by atoms with Crippen LogP contribution in [0, 0.1) is 0 Å². The minimum Gasteiger partial charge on any atom is -0.494 e. The van der Waals surface area contributed by atoms with E-state index in [1.165, 1.54) is 12.0 Å². The van der Waals surface area contributed by atoms with Gasteiger partial charge in [0.1, 0.15) is 5.75 Å². The van der Waals surface area contributed by atoms with Crippen LogP contribution in [-0.4, -0.2) is 19.7 Å². The maximum atomic E-state index is 5.75. The Bertz CT molecular complexity index is 343. The quantitative estimate of drug-likeness (QED) is 0.676. The highest BCUT2D eigenvalue weighted by Gasteiger charge is 2.17. The molecule has 0 aliphatic rings. The summed E-state index contributed by atoms with van der Waals surface area (Å²) < 4.78 is 5.75. The normalized spacial score (nSPS) is 11.6. The summed E-state index contributed by atoms with van der Waals surface area (Å²) in [5.41, 5.74) is 1.63. The zero-order chi connectivity index (χ0) is 14.1. The number of rotatable bonds is 9. The van der Waals surface area contributed by atoms with Crippen LogP contribution in [0.1, 0.15) is 52.5 Å².